The van der Waals surface area contributed by atoms with Crippen molar-refractivity contribution in [3.63, 3.8) is 0 Å². The van der Waals surface area contributed by atoms with E-state index in [4.69, 9.17) is 0 Å². The van der Waals surface area contributed by atoms with E-state index in [0.29, 0.717) is 12.1 Å². The van der Waals surface area contributed by atoms with Gasteiger partial charge in [-0.2, -0.15) is 0 Å². The van der Waals surface area contributed by atoms with Crippen LogP contribution in [0.3, 0.4) is 0 Å². The number of nitrogens with one attached hydrogen (secondary N) is 1. The lowest BCUT2D eigenvalue weighted by Gasteiger charge is -2.44. The second kappa shape index (κ2) is 8.20. The molecule has 0 spiro atoms. The van der Waals surface area contributed by atoms with E-state index in [1.165, 1.54) is 38.2 Å². The van der Waals surface area contributed by atoms with Gasteiger partial charge in [0.25, 0.3) is 0 Å². The van der Waals surface area contributed by atoms with E-state index in [1.807, 2.05) is 12.4 Å². The number of rotatable bonds is 5. The van der Waals surface area contributed by atoms with Gasteiger partial charge in [-0.3, -0.25) is 14.8 Å². The van der Waals surface area contributed by atoms with Crippen LogP contribution in [0.15, 0.2) is 24.5 Å². The maximum absolute atomic E-state index is 4.22. The zero-order valence-electron chi connectivity index (χ0n) is 14.6. The summed E-state index contributed by atoms with van der Waals surface area (Å²) >= 11 is 0. The smallest absolute Gasteiger partial charge is 0.0480 e. The lowest BCUT2D eigenvalue weighted by Crippen LogP contribution is -2.55. The van der Waals surface area contributed by atoms with Gasteiger partial charge in [0.2, 0.25) is 0 Å². The van der Waals surface area contributed by atoms with E-state index in [-0.39, 0.29) is 0 Å². The fraction of sp³-hybridized carbons (Fsp3) is 0.722. The lowest BCUT2D eigenvalue weighted by molar-refractivity contribution is 0.0587. The highest BCUT2D eigenvalue weighted by Crippen LogP contribution is 2.26. The van der Waals surface area contributed by atoms with E-state index in [9.17, 15) is 0 Å². The van der Waals surface area contributed by atoms with Crippen LogP contribution in [0.2, 0.25) is 0 Å². The zero-order chi connectivity index (χ0) is 16.1. The second-order valence-corrected chi connectivity index (χ2v) is 6.90. The maximum Gasteiger partial charge on any atom is 0.0480 e. The molecule has 2 saturated heterocycles. The number of hydrogen-bond acceptors (Lipinski definition) is 5. The first-order chi connectivity index (χ1) is 11.3. The lowest BCUT2D eigenvalue weighted by atomic mass is 10.0. The second-order valence-electron chi connectivity index (χ2n) is 6.90. The minimum absolute atomic E-state index is 0.480. The summed E-state index contributed by atoms with van der Waals surface area (Å²) in [6.45, 7) is 11.5. The molecule has 0 radical (unpaired) electrons. The molecule has 0 amide bonds. The third kappa shape index (κ3) is 4.29. The highest BCUT2D eigenvalue weighted by atomic mass is 15.3. The topological polar surface area (TPSA) is 34.6 Å². The highest BCUT2D eigenvalue weighted by molar-refractivity contribution is 5.17. The Morgan fingerprint density at radius 3 is 2.61 bits per heavy atom. The van der Waals surface area contributed by atoms with Gasteiger partial charge >= 0.3 is 0 Å². The minimum atomic E-state index is 0.480. The number of likely N-dealkylation sites (N-methyl/N-ethyl adjacent to an activating group) is 1. The summed E-state index contributed by atoms with van der Waals surface area (Å²) in [6.07, 6.45) is 5.09. The van der Waals surface area contributed by atoms with Gasteiger partial charge in [0.15, 0.2) is 0 Å². The third-order valence-electron chi connectivity index (χ3n) is 5.39. The largest absolute Gasteiger partial charge is 0.314 e. The Morgan fingerprint density at radius 2 is 1.91 bits per heavy atom. The molecule has 1 N–H and O–H groups in total. The van der Waals surface area contributed by atoms with Crippen molar-refractivity contribution >= 4 is 0 Å². The molecule has 0 aliphatic carbocycles. The number of piperazine rings is 2. The molecular formula is C18H31N5. The number of hydrogen-bond donors (Lipinski definition) is 1. The molecule has 2 fully saturated rings. The van der Waals surface area contributed by atoms with E-state index in [0.717, 1.165) is 26.2 Å². The molecule has 1 aromatic rings. The summed E-state index contributed by atoms with van der Waals surface area (Å²) in [5, 5.41) is 3.56. The van der Waals surface area contributed by atoms with Crippen molar-refractivity contribution in [3.8, 4) is 0 Å². The number of nitrogens with zero attached hydrogens (tertiary/aromatic N) is 4. The van der Waals surface area contributed by atoms with Gasteiger partial charge in [0, 0.05) is 76.8 Å². The van der Waals surface area contributed by atoms with Gasteiger partial charge in [-0.1, -0.05) is 6.92 Å². The molecule has 0 bridgehead atoms. The maximum atomic E-state index is 4.22. The van der Waals surface area contributed by atoms with Crippen LogP contribution < -0.4 is 5.32 Å². The van der Waals surface area contributed by atoms with Crippen LogP contribution >= 0.6 is 0 Å². The van der Waals surface area contributed by atoms with Crippen LogP contribution in [0.4, 0.5) is 0 Å². The van der Waals surface area contributed by atoms with Crippen molar-refractivity contribution in [3.05, 3.63) is 30.1 Å². The van der Waals surface area contributed by atoms with Crippen LogP contribution in [-0.4, -0.2) is 85.1 Å². The van der Waals surface area contributed by atoms with Gasteiger partial charge in [0.05, 0.1) is 0 Å². The summed E-state index contributed by atoms with van der Waals surface area (Å²) in [7, 11) is 2.22. The Labute approximate surface area is 140 Å². The fourth-order valence-corrected chi connectivity index (χ4v) is 3.83. The monoisotopic (exact) mass is 317 g/mol. The molecule has 2 unspecified atom stereocenters. The average molecular weight is 317 g/mol. The molecule has 1 aromatic heterocycles. The van der Waals surface area contributed by atoms with Crippen LogP contribution in [-0.2, 0) is 0 Å². The van der Waals surface area contributed by atoms with E-state index in [1.54, 1.807) is 0 Å². The van der Waals surface area contributed by atoms with E-state index >= 15 is 0 Å². The first-order valence-electron chi connectivity index (χ1n) is 9.05. The first kappa shape index (κ1) is 16.8. The van der Waals surface area contributed by atoms with Crippen molar-refractivity contribution in [1.29, 1.82) is 0 Å². The predicted octanol–water partition coefficient (Wildman–Crippen LogP) is 1.05. The molecular weight excluding hydrogens is 286 g/mol. The van der Waals surface area contributed by atoms with Crippen molar-refractivity contribution < 1.29 is 0 Å². The van der Waals surface area contributed by atoms with Gasteiger partial charge in [-0.15, -0.1) is 0 Å². The summed E-state index contributed by atoms with van der Waals surface area (Å²) in [5.74, 6) is 0. The quantitative estimate of drug-likeness (QED) is 0.878. The number of pyridine rings is 1. The Balaban J connectivity index is 1.76. The minimum Gasteiger partial charge on any atom is -0.314 e. The van der Waals surface area contributed by atoms with Gasteiger partial charge in [0.1, 0.15) is 0 Å². The number of aromatic nitrogens is 1. The Bertz CT molecular complexity index is 458. The Morgan fingerprint density at radius 1 is 1.17 bits per heavy atom. The van der Waals surface area contributed by atoms with Gasteiger partial charge in [-0.25, -0.2) is 0 Å². The van der Waals surface area contributed by atoms with Gasteiger partial charge in [-0.05, 0) is 31.2 Å². The molecule has 5 nitrogen and oxygen atoms in total. The predicted molar refractivity (Wildman–Crippen MR) is 94.6 cm³/mol. The fourth-order valence-electron chi connectivity index (χ4n) is 3.83. The SMILES string of the molecule is CCC1CNCCN1C(CN1CCN(C)CC1)c1ccncc1. The van der Waals surface area contributed by atoms with Crippen LogP contribution in [0, 0.1) is 0 Å². The summed E-state index contributed by atoms with van der Waals surface area (Å²) in [6, 6.07) is 5.52. The summed E-state index contributed by atoms with van der Waals surface area (Å²) < 4.78 is 0. The van der Waals surface area contributed by atoms with Crippen molar-refractivity contribution in [2.45, 2.75) is 25.4 Å². The van der Waals surface area contributed by atoms with Crippen LogP contribution in [0.1, 0.15) is 24.9 Å². The third-order valence-corrected chi connectivity index (χ3v) is 5.39. The molecule has 5 heteroatoms. The molecule has 3 rings (SSSR count). The molecule has 0 aromatic carbocycles. The Kier molecular flexibility index (Phi) is 6.00. The highest BCUT2D eigenvalue weighted by Gasteiger charge is 2.30. The normalized spacial score (nSPS) is 26.3. The summed E-state index contributed by atoms with van der Waals surface area (Å²) in [5.41, 5.74) is 1.42. The van der Waals surface area contributed by atoms with Crippen molar-refractivity contribution in [2.24, 2.45) is 0 Å². The average Bonchev–Trinajstić information content (AvgIpc) is 2.62. The van der Waals surface area contributed by atoms with Gasteiger partial charge < -0.3 is 10.2 Å². The molecule has 128 valence electrons. The molecule has 2 aliphatic rings. The van der Waals surface area contributed by atoms with Crippen molar-refractivity contribution in [2.75, 3.05) is 59.4 Å². The van der Waals surface area contributed by atoms with Crippen LogP contribution in [0.25, 0.3) is 0 Å². The summed E-state index contributed by atoms with van der Waals surface area (Å²) in [4.78, 5) is 12.0. The first-order valence-corrected chi connectivity index (χ1v) is 9.05. The van der Waals surface area contributed by atoms with E-state index in [2.05, 4.69) is 51.1 Å². The van der Waals surface area contributed by atoms with E-state index < -0.39 is 0 Å². The zero-order valence-corrected chi connectivity index (χ0v) is 14.6. The molecule has 2 aliphatic heterocycles. The van der Waals surface area contributed by atoms with Crippen molar-refractivity contribution in [1.82, 2.24) is 25.0 Å². The Hall–Kier alpha value is -1.01. The molecule has 3 heterocycles. The standard InChI is InChI=1S/C18H31N5/c1-3-17-14-20-8-9-23(17)18(16-4-6-19-7-5-16)15-22-12-10-21(2)11-13-22/h4-7,17-18,20H,3,8-15H2,1-2H3. The molecule has 0 saturated carbocycles. The molecule has 2 atom stereocenters. The molecule has 23 heavy (non-hydrogen) atoms. The van der Waals surface area contributed by atoms with Crippen LogP contribution in [0.5, 0.6) is 0 Å².